The van der Waals surface area contributed by atoms with E-state index in [0.717, 1.165) is 5.56 Å². The summed E-state index contributed by atoms with van der Waals surface area (Å²) in [5.74, 6) is 0.249. The highest BCUT2D eigenvalue weighted by molar-refractivity contribution is 8.13. The van der Waals surface area contributed by atoms with Gasteiger partial charge in [0, 0.05) is 23.4 Å². The molecule has 0 spiro atoms. The fourth-order valence-electron chi connectivity index (χ4n) is 1.39. The summed E-state index contributed by atoms with van der Waals surface area (Å²) in [6, 6.07) is 5.22. The smallest absolute Gasteiger partial charge is 0.236 e. The molecule has 90 valence electrons. The van der Waals surface area contributed by atoms with Crippen LogP contribution in [0.5, 0.6) is 5.75 Å². The van der Waals surface area contributed by atoms with Crippen molar-refractivity contribution >= 4 is 19.7 Å². The van der Waals surface area contributed by atoms with E-state index in [1.165, 1.54) is 7.11 Å². The van der Waals surface area contributed by atoms with E-state index in [1.807, 2.05) is 6.07 Å². The van der Waals surface area contributed by atoms with Crippen LogP contribution in [0.3, 0.4) is 0 Å². The first-order valence-corrected chi connectivity index (χ1v) is 7.01. The number of benzene rings is 1. The fourth-order valence-corrected chi connectivity index (χ4v) is 2.34. The Balaban J connectivity index is 3.07. The highest BCUT2D eigenvalue weighted by Crippen LogP contribution is 2.23. The van der Waals surface area contributed by atoms with Gasteiger partial charge in [-0.15, -0.1) is 0 Å². The molecule has 0 heterocycles. The van der Waals surface area contributed by atoms with Crippen LogP contribution in [0.1, 0.15) is 11.1 Å². The Morgan fingerprint density at radius 2 is 2.00 bits per heavy atom. The maximum atomic E-state index is 11.0. The Hall–Kier alpha value is -0.780. The molecular formula is C10H13ClO4S. The minimum absolute atomic E-state index is 0.255. The molecule has 0 radical (unpaired) electrons. The van der Waals surface area contributed by atoms with Gasteiger partial charge in [0.15, 0.2) is 0 Å². The summed E-state index contributed by atoms with van der Waals surface area (Å²) in [5, 5.41) is 0. The number of hydrogen-bond acceptors (Lipinski definition) is 4. The molecule has 0 unspecified atom stereocenters. The van der Waals surface area contributed by atoms with Gasteiger partial charge in [-0.3, -0.25) is 0 Å². The first-order valence-electron chi connectivity index (χ1n) is 4.53. The van der Waals surface area contributed by atoms with Crippen molar-refractivity contribution < 1.29 is 17.9 Å². The highest BCUT2D eigenvalue weighted by Gasteiger charge is 2.12. The Morgan fingerprint density at radius 1 is 1.31 bits per heavy atom. The Labute approximate surface area is 99.6 Å². The average Bonchev–Trinajstić information content (AvgIpc) is 2.16. The van der Waals surface area contributed by atoms with Crippen molar-refractivity contribution in [3.05, 3.63) is 29.3 Å². The maximum absolute atomic E-state index is 11.0. The lowest BCUT2D eigenvalue weighted by Gasteiger charge is -2.09. The molecule has 0 aliphatic rings. The zero-order valence-corrected chi connectivity index (χ0v) is 10.6. The van der Waals surface area contributed by atoms with Crippen molar-refractivity contribution in [2.45, 2.75) is 12.4 Å². The molecule has 0 fully saturated rings. The van der Waals surface area contributed by atoms with Gasteiger partial charge in [-0.05, 0) is 17.7 Å². The summed E-state index contributed by atoms with van der Waals surface area (Å²) in [6.07, 6.45) is 0. The summed E-state index contributed by atoms with van der Waals surface area (Å²) < 4.78 is 32.1. The molecule has 0 bridgehead atoms. The van der Waals surface area contributed by atoms with Crippen molar-refractivity contribution in [2.75, 3.05) is 14.2 Å². The molecule has 0 aliphatic heterocycles. The monoisotopic (exact) mass is 264 g/mol. The lowest BCUT2D eigenvalue weighted by molar-refractivity contribution is 0.185. The molecule has 0 amide bonds. The number of methoxy groups -OCH3 is 2. The molecule has 0 saturated carbocycles. The molecule has 1 aromatic carbocycles. The van der Waals surface area contributed by atoms with E-state index >= 15 is 0 Å². The highest BCUT2D eigenvalue weighted by atomic mass is 35.7. The van der Waals surface area contributed by atoms with Gasteiger partial charge < -0.3 is 9.47 Å². The molecule has 16 heavy (non-hydrogen) atoms. The van der Waals surface area contributed by atoms with E-state index in [2.05, 4.69) is 0 Å². The lowest BCUT2D eigenvalue weighted by atomic mass is 10.1. The molecule has 0 aliphatic carbocycles. The topological polar surface area (TPSA) is 52.6 Å². The van der Waals surface area contributed by atoms with Gasteiger partial charge >= 0.3 is 0 Å². The van der Waals surface area contributed by atoms with Gasteiger partial charge in [-0.2, -0.15) is 0 Å². The third-order valence-electron chi connectivity index (χ3n) is 1.98. The van der Waals surface area contributed by atoms with E-state index < -0.39 is 9.05 Å². The van der Waals surface area contributed by atoms with Crippen LogP contribution >= 0.6 is 10.7 Å². The van der Waals surface area contributed by atoms with Crippen LogP contribution in [0.15, 0.2) is 18.2 Å². The van der Waals surface area contributed by atoms with Crippen LogP contribution in [-0.2, 0) is 26.1 Å². The summed E-state index contributed by atoms with van der Waals surface area (Å²) in [7, 11) is 4.67. The molecule has 0 atom stereocenters. The van der Waals surface area contributed by atoms with Gasteiger partial charge in [-0.1, -0.05) is 6.07 Å². The first kappa shape index (κ1) is 13.3. The lowest BCUT2D eigenvalue weighted by Crippen LogP contribution is -2.00. The minimum Gasteiger partial charge on any atom is -0.496 e. The van der Waals surface area contributed by atoms with Crippen molar-refractivity contribution in [2.24, 2.45) is 0 Å². The predicted molar refractivity (Wildman–Crippen MR) is 62.2 cm³/mol. The minimum atomic E-state index is -3.59. The second kappa shape index (κ2) is 5.52. The van der Waals surface area contributed by atoms with Crippen molar-refractivity contribution in [1.82, 2.24) is 0 Å². The Morgan fingerprint density at radius 3 is 2.50 bits per heavy atom. The quantitative estimate of drug-likeness (QED) is 0.763. The van der Waals surface area contributed by atoms with Crippen LogP contribution in [0, 0.1) is 0 Å². The third kappa shape index (κ3) is 4.00. The van der Waals surface area contributed by atoms with Gasteiger partial charge in [0.05, 0.1) is 19.5 Å². The van der Waals surface area contributed by atoms with E-state index in [-0.39, 0.29) is 5.75 Å². The molecule has 6 heteroatoms. The van der Waals surface area contributed by atoms with Crippen LogP contribution < -0.4 is 4.74 Å². The zero-order chi connectivity index (χ0) is 12.2. The van der Waals surface area contributed by atoms with Crippen LogP contribution in [-0.4, -0.2) is 22.6 Å². The molecule has 1 rings (SSSR count). The molecule has 0 aromatic heterocycles. The third-order valence-corrected chi connectivity index (χ3v) is 2.97. The number of rotatable bonds is 5. The molecular weight excluding hydrogens is 252 g/mol. The normalized spacial score (nSPS) is 11.4. The van der Waals surface area contributed by atoms with Gasteiger partial charge in [0.25, 0.3) is 0 Å². The van der Waals surface area contributed by atoms with E-state index in [1.54, 1.807) is 19.2 Å². The van der Waals surface area contributed by atoms with Crippen molar-refractivity contribution in [3.63, 3.8) is 0 Å². The van der Waals surface area contributed by atoms with Gasteiger partial charge in [0.1, 0.15) is 5.75 Å². The average molecular weight is 265 g/mol. The van der Waals surface area contributed by atoms with Crippen LogP contribution in [0.4, 0.5) is 0 Å². The van der Waals surface area contributed by atoms with Gasteiger partial charge in [-0.25, -0.2) is 8.42 Å². The van der Waals surface area contributed by atoms with E-state index in [9.17, 15) is 8.42 Å². The second-order valence-corrected chi connectivity index (χ2v) is 6.04. The predicted octanol–water partition coefficient (Wildman–Crippen LogP) is 1.91. The standard InChI is InChI=1S/C10H13ClO4S/c1-14-6-8-3-4-10(15-2)9(5-8)7-16(11,12)13/h3-5H,6-7H2,1-2H3. The van der Waals surface area contributed by atoms with E-state index in [0.29, 0.717) is 17.9 Å². The fraction of sp³-hybridized carbons (Fsp3) is 0.400. The number of halogens is 1. The number of hydrogen-bond donors (Lipinski definition) is 0. The van der Waals surface area contributed by atoms with Crippen molar-refractivity contribution in [1.29, 1.82) is 0 Å². The summed E-state index contributed by atoms with van der Waals surface area (Å²) in [6.45, 7) is 0.416. The maximum Gasteiger partial charge on any atom is 0.236 e. The molecule has 0 saturated heterocycles. The summed E-state index contributed by atoms with van der Waals surface area (Å²) in [4.78, 5) is 0. The second-order valence-electron chi connectivity index (χ2n) is 3.26. The summed E-state index contributed by atoms with van der Waals surface area (Å²) >= 11 is 0. The van der Waals surface area contributed by atoms with Crippen LogP contribution in [0.25, 0.3) is 0 Å². The number of ether oxygens (including phenoxy) is 2. The SMILES string of the molecule is COCc1ccc(OC)c(CS(=O)(=O)Cl)c1. The summed E-state index contributed by atoms with van der Waals surface area (Å²) in [5.41, 5.74) is 1.41. The molecule has 1 aromatic rings. The van der Waals surface area contributed by atoms with Gasteiger partial charge in [0.2, 0.25) is 9.05 Å². The molecule has 4 nitrogen and oxygen atoms in total. The zero-order valence-electron chi connectivity index (χ0n) is 9.07. The van der Waals surface area contributed by atoms with Crippen molar-refractivity contribution in [3.8, 4) is 5.75 Å². The van der Waals surface area contributed by atoms with Crippen LogP contribution in [0.2, 0.25) is 0 Å². The largest absolute Gasteiger partial charge is 0.496 e. The first-order chi connectivity index (χ1) is 7.46. The Kier molecular flexibility index (Phi) is 4.58. The Bertz CT molecular complexity index is 456. The molecule has 0 N–H and O–H groups in total. The van der Waals surface area contributed by atoms with E-state index in [4.69, 9.17) is 20.2 Å².